The number of amides is 1. The minimum absolute atomic E-state index is 0.131. The molecule has 0 bridgehead atoms. The lowest BCUT2D eigenvalue weighted by atomic mass is 9.43. The number of aliphatic hydroxyl groups excluding tert-OH is 1. The highest BCUT2D eigenvalue weighted by atomic mass is 16.7. The maximum absolute atomic E-state index is 12.1. The molecule has 0 aromatic carbocycles. The van der Waals surface area contributed by atoms with Gasteiger partial charge in [0.1, 0.15) is 5.78 Å². The number of nitrogens with one attached hydrogen (secondary N) is 2. The van der Waals surface area contributed by atoms with E-state index < -0.39 is 0 Å². The molecule has 0 spiro atoms. The van der Waals surface area contributed by atoms with E-state index in [0.29, 0.717) is 54.9 Å². The first kappa shape index (κ1) is 28.0. The average Bonchev–Trinajstić information content (AvgIpc) is 3.20. The number of hydroxylamine groups is 1. The third-order valence-corrected chi connectivity index (χ3v) is 11.5. The van der Waals surface area contributed by atoms with Crippen LogP contribution in [0.15, 0.2) is 0 Å². The molecule has 4 rings (SSSR count). The van der Waals surface area contributed by atoms with Crippen molar-refractivity contribution in [2.75, 3.05) is 13.1 Å². The lowest BCUT2D eigenvalue weighted by molar-refractivity contribution is -0.184. The summed E-state index contributed by atoms with van der Waals surface area (Å²) < 4.78 is 0. The van der Waals surface area contributed by atoms with E-state index in [9.17, 15) is 14.7 Å². The van der Waals surface area contributed by atoms with Gasteiger partial charge in [0.2, 0.25) is 5.91 Å². The molecular formula is C30H52N2O4. The van der Waals surface area contributed by atoms with Crippen molar-refractivity contribution in [3.05, 3.63) is 0 Å². The van der Waals surface area contributed by atoms with E-state index in [4.69, 9.17) is 4.84 Å². The van der Waals surface area contributed by atoms with E-state index in [-0.39, 0.29) is 41.3 Å². The smallest absolute Gasteiger partial charge is 0.219 e. The van der Waals surface area contributed by atoms with Crippen LogP contribution >= 0.6 is 0 Å². The Labute approximate surface area is 219 Å². The van der Waals surface area contributed by atoms with Crippen LogP contribution < -0.4 is 10.8 Å². The molecule has 6 heteroatoms. The van der Waals surface area contributed by atoms with Gasteiger partial charge in [-0.1, -0.05) is 27.7 Å². The van der Waals surface area contributed by atoms with Crippen LogP contribution in [0.3, 0.4) is 0 Å². The highest BCUT2D eigenvalue weighted by molar-refractivity contribution is 5.79. The normalized spacial score (nSPS) is 42.7. The van der Waals surface area contributed by atoms with E-state index in [1.807, 2.05) is 13.8 Å². The number of hydrogen-bond acceptors (Lipinski definition) is 5. The van der Waals surface area contributed by atoms with Gasteiger partial charge in [-0.25, -0.2) is 0 Å². The summed E-state index contributed by atoms with van der Waals surface area (Å²) in [6, 6.07) is 0. The minimum Gasteiger partial charge on any atom is -0.393 e. The number of carbonyl (C=O) groups excluding carboxylic acids is 2. The first-order valence-electron chi connectivity index (χ1n) is 15.0. The van der Waals surface area contributed by atoms with Crippen LogP contribution in [0, 0.1) is 46.3 Å². The number of Topliss-reactive ketones (excluding diaryl/α,β-unsaturated/α-hetero) is 1. The number of aliphatic hydroxyl groups is 1. The van der Waals surface area contributed by atoms with Crippen LogP contribution in [-0.2, 0) is 14.4 Å². The summed E-state index contributed by atoms with van der Waals surface area (Å²) in [7, 11) is 0. The van der Waals surface area contributed by atoms with Gasteiger partial charge in [-0.3, -0.25) is 14.4 Å². The summed E-state index contributed by atoms with van der Waals surface area (Å²) in [5, 5.41) is 14.5. The fourth-order valence-corrected chi connectivity index (χ4v) is 9.48. The maximum Gasteiger partial charge on any atom is 0.219 e. The molecule has 0 aromatic heterocycles. The lowest BCUT2D eigenvalue weighted by Gasteiger charge is -2.62. The van der Waals surface area contributed by atoms with E-state index in [1.165, 1.54) is 25.7 Å². The van der Waals surface area contributed by atoms with Gasteiger partial charge >= 0.3 is 0 Å². The first-order chi connectivity index (χ1) is 17.1. The predicted molar refractivity (Wildman–Crippen MR) is 142 cm³/mol. The first-order valence-corrected chi connectivity index (χ1v) is 15.0. The number of ketones is 1. The van der Waals surface area contributed by atoms with Gasteiger partial charge in [0, 0.05) is 19.4 Å². The molecule has 0 heterocycles. The van der Waals surface area contributed by atoms with E-state index in [0.717, 1.165) is 32.1 Å². The van der Waals surface area contributed by atoms with Crippen molar-refractivity contribution in [3.63, 3.8) is 0 Å². The topological polar surface area (TPSA) is 87.7 Å². The second-order valence-corrected chi connectivity index (χ2v) is 13.2. The zero-order chi connectivity index (χ0) is 26.1. The Morgan fingerprint density at radius 3 is 2.47 bits per heavy atom. The summed E-state index contributed by atoms with van der Waals surface area (Å²) in [5.74, 6) is 3.61. The van der Waals surface area contributed by atoms with Crippen molar-refractivity contribution in [1.82, 2.24) is 10.8 Å². The van der Waals surface area contributed by atoms with Gasteiger partial charge in [-0.15, -0.1) is 0 Å². The molecule has 4 aliphatic carbocycles. The van der Waals surface area contributed by atoms with Gasteiger partial charge in [0.25, 0.3) is 0 Å². The SMILES string of the molecule is CCNC(=O)CC[C@H](C)C1CCC2C3C(CC[C@@]21C)[C@@]1(C)CC[C@@H](ONCC(=O)CC)C[C@H]1C[C@H]3O. The molecule has 206 valence electrons. The number of fused-ring (bicyclic) bond motifs is 5. The predicted octanol–water partition coefficient (Wildman–Crippen LogP) is 5.04. The summed E-state index contributed by atoms with van der Waals surface area (Å²) in [6.07, 6.45) is 11.0. The Bertz CT molecular complexity index is 789. The lowest BCUT2D eigenvalue weighted by Crippen LogP contribution is -2.59. The molecular weight excluding hydrogens is 452 g/mol. The standard InChI is InChI=1S/C30H52N2O4/c1-6-21(33)18-32-36-22-12-14-29(4)20(16-22)17-26(34)28-24-10-9-23(30(24,5)15-13-25(28)29)19(3)8-11-27(35)31-7-2/h19-20,22-26,28,32,34H,6-18H2,1-5H3,(H,31,35)/t19-,20-,22+,23?,24?,25?,26+,28?,29-,30+/m0/s1. The molecule has 0 saturated heterocycles. The summed E-state index contributed by atoms with van der Waals surface area (Å²) in [5.41, 5.74) is 3.47. The van der Waals surface area contributed by atoms with Crippen molar-refractivity contribution in [1.29, 1.82) is 0 Å². The number of carbonyl (C=O) groups is 2. The number of rotatable bonds is 10. The van der Waals surface area contributed by atoms with E-state index >= 15 is 0 Å². The van der Waals surface area contributed by atoms with E-state index in [1.54, 1.807) is 0 Å². The van der Waals surface area contributed by atoms with Crippen LogP contribution in [0.2, 0.25) is 0 Å². The second kappa shape index (κ2) is 11.4. The molecule has 1 amide bonds. The zero-order valence-electron chi connectivity index (χ0n) is 23.5. The third-order valence-electron chi connectivity index (χ3n) is 11.5. The highest BCUT2D eigenvalue weighted by Gasteiger charge is 2.63. The van der Waals surface area contributed by atoms with Gasteiger partial charge in [-0.05, 0) is 111 Å². The molecule has 3 N–H and O–H groups in total. The molecule has 0 aliphatic heterocycles. The average molecular weight is 505 g/mol. The fraction of sp³-hybridized carbons (Fsp3) is 0.933. The largest absolute Gasteiger partial charge is 0.393 e. The van der Waals surface area contributed by atoms with Crippen LogP contribution in [0.25, 0.3) is 0 Å². The zero-order valence-corrected chi connectivity index (χ0v) is 23.5. The summed E-state index contributed by atoms with van der Waals surface area (Å²) in [4.78, 5) is 29.6. The second-order valence-electron chi connectivity index (χ2n) is 13.2. The van der Waals surface area contributed by atoms with Crippen LogP contribution in [0.1, 0.15) is 105 Å². The quantitative estimate of drug-likeness (QED) is 0.363. The van der Waals surface area contributed by atoms with Crippen molar-refractivity contribution in [3.8, 4) is 0 Å². The van der Waals surface area contributed by atoms with Crippen molar-refractivity contribution in [2.24, 2.45) is 46.3 Å². The van der Waals surface area contributed by atoms with Crippen molar-refractivity contribution >= 4 is 11.7 Å². The summed E-state index contributed by atoms with van der Waals surface area (Å²) in [6.45, 7) is 12.2. The maximum atomic E-state index is 12.1. The van der Waals surface area contributed by atoms with Gasteiger partial charge < -0.3 is 10.4 Å². The Balaban J connectivity index is 1.40. The molecule has 36 heavy (non-hydrogen) atoms. The molecule has 4 unspecified atom stereocenters. The molecule has 10 atom stereocenters. The summed E-state index contributed by atoms with van der Waals surface area (Å²) >= 11 is 0. The third kappa shape index (κ3) is 5.29. The van der Waals surface area contributed by atoms with Gasteiger partial charge in [-0.2, -0.15) is 5.48 Å². The van der Waals surface area contributed by atoms with Crippen molar-refractivity contribution in [2.45, 2.75) is 117 Å². The van der Waals surface area contributed by atoms with Gasteiger partial charge in [0.15, 0.2) is 0 Å². The molecule has 0 radical (unpaired) electrons. The highest BCUT2D eigenvalue weighted by Crippen LogP contribution is 2.68. The molecule has 4 fully saturated rings. The Morgan fingerprint density at radius 2 is 1.75 bits per heavy atom. The van der Waals surface area contributed by atoms with Crippen molar-refractivity contribution < 1.29 is 19.5 Å². The fourth-order valence-electron chi connectivity index (χ4n) is 9.48. The number of hydrogen-bond donors (Lipinski definition) is 3. The monoisotopic (exact) mass is 504 g/mol. The molecule has 0 aromatic rings. The molecule has 4 aliphatic rings. The van der Waals surface area contributed by atoms with Gasteiger partial charge in [0.05, 0.1) is 18.8 Å². The Hall–Kier alpha value is -0.980. The Morgan fingerprint density at radius 1 is 1.03 bits per heavy atom. The molecule has 4 saturated carbocycles. The minimum atomic E-state index is -0.226. The van der Waals surface area contributed by atoms with Crippen LogP contribution in [-0.4, -0.2) is 42.1 Å². The van der Waals surface area contributed by atoms with Crippen LogP contribution in [0.4, 0.5) is 0 Å². The van der Waals surface area contributed by atoms with Crippen LogP contribution in [0.5, 0.6) is 0 Å². The van der Waals surface area contributed by atoms with E-state index in [2.05, 4.69) is 31.6 Å². The Kier molecular flexibility index (Phi) is 8.89. The molecule has 6 nitrogen and oxygen atoms in total.